The van der Waals surface area contributed by atoms with Crippen molar-refractivity contribution in [3.05, 3.63) is 39.9 Å². The minimum atomic E-state index is -0.392. The van der Waals surface area contributed by atoms with Crippen molar-refractivity contribution in [1.29, 1.82) is 0 Å². The number of nitro benzene ring substituents is 1. The number of guanidine groups is 1. The molecule has 1 aliphatic rings. The highest BCUT2D eigenvalue weighted by atomic mass is 32.2. The molecule has 1 atom stereocenters. The Bertz CT molecular complexity index is 498. The Morgan fingerprint density at radius 2 is 2.19 bits per heavy atom. The number of rotatable bonds is 5. The summed E-state index contributed by atoms with van der Waals surface area (Å²) in [6.45, 7) is 1.51. The number of thioether (sulfide) groups is 1. The first kappa shape index (κ1) is 15.6. The third-order valence-electron chi connectivity index (χ3n) is 3.35. The first-order valence-corrected chi connectivity index (χ1v) is 8.03. The molecule has 0 amide bonds. The minimum absolute atomic E-state index is 0.111. The van der Waals surface area contributed by atoms with Crippen molar-refractivity contribution in [3.8, 4) is 0 Å². The summed E-state index contributed by atoms with van der Waals surface area (Å²) >= 11 is 2.00. The summed E-state index contributed by atoms with van der Waals surface area (Å²) in [5.41, 5.74) is 1.10. The first-order chi connectivity index (χ1) is 10.2. The molecule has 1 aliphatic heterocycles. The maximum atomic E-state index is 10.6. The van der Waals surface area contributed by atoms with Gasteiger partial charge in [0.1, 0.15) is 0 Å². The third-order valence-corrected chi connectivity index (χ3v) is 4.75. The topological polar surface area (TPSA) is 79.6 Å². The van der Waals surface area contributed by atoms with E-state index in [1.165, 1.54) is 30.7 Å². The minimum Gasteiger partial charge on any atom is -0.355 e. The molecular formula is C14H20N4O2S. The second-order valence-corrected chi connectivity index (χ2v) is 6.27. The van der Waals surface area contributed by atoms with Crippen LogP contribution in [0, 0.1) is 10.1 Å². The van der Waals surface area contributed by atoms with Crippen LogP contribution in [-0.4, -0.2) is 35.5 Å². The van der Waals surface area contributed by atoms with Crippen molar-refractivity contribution in [2.24, 2.45) is 4.99 Å². The lowest BCUT2D eigenvalue weighted by Crippen LogP contribution is -2.39. The van der Waals surface area contributed by atoms with Gasteiger partial charge in [0.25, 0.3) is 5.69 Å². The molecule has 1 heterocycles. The van der Waals surface area contributed by atoms with E-state index < -0.39 is 4.92 Å². The molecule has 21 heavy (non-hydrogen) atoms. The van der Waals surface area contributed by atoms with Crippen LogP contribution in [0.25, 0.3) is 0 Å². The average Bonchev–Trinajstić information content (AvgIpc) is 3.01. The predicted octanol–water partition coefficient (Wildman–Crippen LogP) is 2.16. The van der Waals surface area contributed by atoms with E-state index in [2.05, 4.69) is 15.6 Å². The monoisotopic (exact) mass is 308 g/mol. The van der Waals surface area contributed by atoms with Gasteiger partial charge in [0, 0.05) is 37.5 Å². The highest BCUT2D eigenvalue weighted by Crippen LogP contribution is 2.25. The molecule has 6 nitrogen and oxygen atoms in total. The van der Waals surface area contributed by atoms with Crippen LogP contribution in [0.15, 0.2) is 29.3 Å². The van der Waals surface area contributed by atoms with Gasteiger partial charge in [-0.3, -0.25) is 15.1 Å². The van der Waals surface area contributed by atoms with Gasteiger partial charge in [-0.1, -0.05) is 12.1 Å². The Labute approximate surface area is 128 Å². The van der Waals surface area contributed by atoms with Gasteiger partial charge in [0.15, 0.2) is 5.96 Å². The summed E-state index contributed by atoms with van der Waals surface area (Å²) in [6, 6.07) is 6.54. The Hall–Kier alpha value is -1.76. The highest BCUT2D eigenvalue weighted by molar-refractivity contribution is 8.00. The van der Waals surface area contributed by atoms with Gasteiger partial charge >= 0.3 is 0 Å². The van der Waals surface area contributed by atoms with E-state index in [0.29, 0.717) is 11.8 Å². The van der Waals surface area contributed by atoms with Crippen molar-refractivity contribution in [1.82, 2.24) is 10.6 Å². The number of nitro groups is 1. The molecule has 0 spiro atoms. The average molecular weight is 308 g/mol. The lowest BCUT2D eigenvalue weighted by atomic mass is 10.2. The van der Waals surface area contributed by atoms with E-state index in [0.717, 1.165) is 18.1 Å². The van der Waals surface area contributed by atoms with Crippen LogP contribution >= 0.6 is 11.8 Å². The second kappa shape index (κ2) is 7.87. The van der Waals surface area contributed by atoms with Crippen LogP contribution in [0.5, 0.6) is 0 Å². The van der Waals surface area contributed by atoms with Crippen LogP contribution in [-0.2, 0) is 6.54 Å². The molecule has 0 aliphatic carbocycles. The van der Waals surface area contributed by atoms with Crippen LogP contribution < -0.4 is 10.6 Å². The van der Waals surface area contributed by atoms with Gasteiger partial charge in [0.05, 0.1) is 4.92 Å². The molecule has 1 unspecified atom stereocenters. The smallest absolute Gasteiger partial charge is 0.269 e. The zero-order valence-electron chi connectivity index (χ0n) is 12.0. The van der Waals surface area contributed by atoms with E-state index in [-0.39, 0.29) is 5.69 Å². The third kappa shape index (κ3) is 4.93. The molecule has 2 N–H and O–H groups in total. The molecule has 2 rings (SSSR count). The number of benzene rings is 1. The summed E-state index contributed by atoms with van der Waals surface area (Å²) in [7, 11) is 1.74. The maximum absolute atomic E-state index is 10.6. The van der Waals surface area contributed by atoms with Gasteiger partial charge in [-0.25, -0.2) is 0 Å². The molecular weight excluding hydrogens is 288 g/mol. The van der Waals surface area contributed by atoms with E-state index in [4.69, 9.17) is 0 Å². The maximum Gasteiger partial charge on any atom is 0.269 e. The summed E-state index contributed by atoms with van der Waals surface area (Å²) in [5.74, 6) is 2.02. The normalized spacial score (nSPS) is 18.5. The SMILES string of the molecule is CN=C(NCc1ccc([N+](=O)[O-])cc1)NCC1CCCS1. The zero-order valence-corrected chi connectivity index (χ0v) is 12.9. The van der Waals surface area contributed by atoms with Crippen molar-refractivity contribution < 1.29 is 4.92 Å². The number of hydrogen-bond donors (Lipinski definition) is 2. The van der Waals surface area contributed by atoms with Crippen LogP contribution in [0.2, 0.25) is 0 Å². The molecule has 1 saturated heterocycles. The van der Waals surface area contributed by atoms with Crippen molar-refractivity contribution in [2.45, 2.75) is 24.6 Å². The number of nitrogens with zero attached hydrogens (tertiary/aromatic N) is 2. The number of aliphatic imine (C=N–C) groups is 1. The van der Waals surface area contributed by atoms with E-state index in [1.807, 2.05) is 11.8 Å². The lowest BCUT2D eigenvalue weighted by molar-refractivity contribution is -0.384. The fourth-order valence-electron chi connectivity index (χ4n) is 2.16. The quantitative estimate of drug-likeness (QED) is 0.377. The Morgan fingerprint density at radius 3 is 2.76 bits per heavy atom. The Balaban J connectivity index is 1.78. The molecule has 0 radical (unpaired) electrons. The van der Waals surface area contributed by atoms with E-state index in [9.17, 15) is 10.1 Å². The van der Waals surface area contributed by atoms with Crippen molar-refractivity contribution in [3.63, 3.8) is 0 Å². The van der Waals surface area contributed by atoms with Crippen molar-refractivity contribution >= 4 is 23.4 Å². The fraction of sp³-hybridized carbons (Fsp3) is 0.500. The molecule has 1 aromatic carbocycles. The van der Waals surface area contributed by atoms with Crippen molar-refractivity contribution in [2.75, 3.05) is 19.3 Å². The Morgan fingerprint density at radius 1 is 1.43 bits per heavy atom. The standard InChI is InChI=1S/C14H20N4O2S/c1-15-14(17-10-13-3-2-8-21-13)16-9-11-4-6-12(7-5-11)18(19)20/h4-7,13H,2-3,8-10H2,1H3,(H2,15,16,17). The van der Waals surface area contributed by atoms with E-state index in [1.54, 1.807) is 19.2 Å². The Kier molecular flexibility index (Phi) is 5.86. The molecule has 0 bridgehead atoms. The van der Waals surface area contributed by atoms with Gasteiger partial charge in [-0.05, 0) is 24.2 Å². The molecule has 0 saturated carbocycles. The molecule has 1 fully saturated rings. The van der Waals surface area contributed by atoms with Crippen LogP contribution in [0.3, 0.4) is 0 Å². The number of hydrogen-bond acceptors (Lipinski definition) is 4. The fourth-order valence-corrected chi connectivity index (χ4v) is 3.36. The molecule has 0 aromatic heterocycles. The predicted molar refractivity (Wildman–Crippen MR) is 86.8 cm³/mol. The number of non-ortho nitro benzene ring substituents is 1. The summed E-state index contributed by atoms with van der Waals surface area (Å²) < 4.78 is 0. The second-order valence-electron chi connectivity index (χ2n) is 4.87. The van der Waals surface area contributed by atoms with Gasteiger partial charge in [0.2, 0.25) is 0 Å². The molecule has 7 heteroatoms. The van der Waals surface area contributed by atoms with Gasteiger partial charge < -0.3 is 10.6 Å². The molecule has 114 valence electrons. The summed E-state index contributed by atoms with van der Waals surface area (Å²) in [4.78, 5) is 14.4. The molecule has 1 aromatic rings. The zero-order chi connectivity index (χ0) is 15.1. The largest absolute Gasteiger partial charge is 0.355 e. The van der Waals surface area contributed by atoms with Crippen LogP contribution in [0.4, 0.5) is 5.69 Å². The summed E-state index contributed by atoms with van der Waals surface area (Å²) in [6.07, 6.45) is 2.56. The number of nitrogens with one attached hydrogen (secondary N) is 2. The van der Waals surface area contributed by atoms with Gasteiger partial charge in [-0.2, -0.15) is 11.8 Å². The highest BCUT2D eigenvalue weighted by Gasteiger charge is 2.15. The summed E-state index contributed by atoms with van der Waals surface area (Å²) in [5, 5.41) is 17.8. The first-order valence-electron chi connectivity index (χ1n) is 6.98. The van der Waals surface area contributed by atoms with Crippen LogP contribution in [0.1, 0.15) is 18.4 Å². The van der Waals surface area contributed by atoms with Gasteiger partial charge in [-0.15, -0.1) is 0 Å². The van der Waals surface area contributed by atoms with E-state index >= 15 is 0 Å². The lowest BCUT2D eigenvalue weighted by Gasteiger charge is -2.14.